The molecule has 0 atom stereocenters. The quantitative estimate of drug-likeness (QED) is 0.131. The van der Waals surface area contributed by atoms with E-state index >= 15 is 0 Å². The predicted molar refractivity (Wildman–Crippen MR) is 128 cm³/mol. The molecule has 0 unspecified atom stereocenters. The van der Waals surface area contributed by atoms with Gasteiger partial charge < -0.3 is 22.1 Å². The van der Waals surface area contributed by atoms with Gasteiger partial charge in [0, 0.05) is 18.7 Å². The summed E-state index contributed by atoms with van der Waals surface area (Å²) in [6.45, 7) is 0.430. The van der Waals surface area contributed by atoms with Gasteiger partial charge in [-0.3, -0.25) is 19.4 Å². The zero-order valence-corrected chi connectivity index (χ0v) is 18.3. The number of Topliss-reactive ketones (excluding diaryl/α,β-unsaturated/α-hetero) is 1. The lowest BCUT2D eigenvalue weighted by atomic mass is 10.0. The van der Waals surface area contributed by atoms with Crippen molar-refractivity contribution in [2.75, 3.05) is 18.4 Å². The number of fused-ring (bicyclic) bond motifs is 1. The molecule has 33 heavy (non-hydrogen) atoms. The number of guanidine groups is 1. The maximum Gasteiger partial charge on any atom is 0.292 e. The lowest BCUT2D eigenvalue weighted by Crippen LogP contribution is -2.33. The molecule has 0 aliphatic carbocycles. The van der Waals surface area contributed by atoms with Crippen molar-refractivity contribution < 1.29 is 18.8 Å². The molecule has 3 rings (SSSR count). The fourth-order valence-corrected chi connectivity index (χ4v) is 3.03. The molecule has 0 heterocycles. The number of aliphatic imine (C=N–C) groups is 1. The first-order valence-corrected chi connectivity index (χ1v) is 9.83. The van der Waals surface area contributed by atoms with E-state index < -0.39 is 23.4 Å². The molecule has 3 aromatic carbocycles. The Labute approximate surface area is 195 Å². The summed E-state index contributed by atoms with van der Waals surface area (Å²) >= 11 is 0. The molecule has 0 saturated heterocycles. The number of hydrogen-bond acceptors (Lipinski definition) is 4. The number of carbonyl (C=O) groups is 3. The maximum absolute atomic E-state index is 13.8. The van der Waals surface area contributed by atoms with Crippen LogP contribution in [0.1, 0.15) is 27.1 Å². The SMILES string of the molecule is Cl.NC(N)=NCCCNC(=O)C(=O)c1cc(F)ccc1NC(=O)c1ccc2ccccc2c1. The molecule has 0 aliphatic heterocycles. The highest BCUT2D eigenvalue weighted by Crippen LogP contribution is 2.21. The Morgan fingerprint density at radius 1 is 0.939 bits per heavy atom. The van der Waals surface area contributed by atoms with Crippen LogP contribution >= 0.6 is 12.4 Å². The summed E-state index contributed by atoms with van der Waals surface area (Å²) in [6, 6.07) is 16.0. The number of rotatable bonds is 8. The first-order chi connectivity index (χ1) is 15.3. The monoisotopic (exact) mass is 471 g/mol. The number of amides is 2. The molecule has 0 fully saturated rings. The molecule has 0 saturated carbocycles. The number of carbonyl (C=O) groups excluding carboxylic acids is 3. The maximum atomic E-state index is 13.8. The lowest BCUT2D eigenvalue weighted by Gasteiger charge is -2.11. The molecule has 0 bridgehead atoms. The minimum atomic E-state index is -0.972. The summed E-state index contributed by atoms with van der Waals surface area (Å²) in [7, 11) is 0. The topological polar surface area (TPSA) is 140 Å². The van der Waals surface area contributed by atoms with Gasteiger partial charge in [0.25, 0.3) is 17.6 Å². The second-order valence-electron chi connectivity index (χ2n) is 6.95. The van der Waals surface area contributed by atoms with Crippen molar-refractivity contribution in [3.8, 4) is 0 Å². The average Bonchev–Trinajstić information content (AvgIpc) is 2.78. The smallest absolute Gasteiger partial charge is 0.292 e. The Balaban J connectivity index is 0.00000385. The third-order valence-corrected chi connectivity index (χ3v) is 4.61. The predicted octanol–water partition coefficient (Wildman–Crippen LogP) is 2.62. The Kier molecular flexibility index (Phi) is 8.88. The molecule has 8 nitrogen and oxygen atoms in total. The highest BCUT2D eigenvalue weighted by atomic mass is 35.5. The molecule has 0 aromatic heterocycles. The molecule has 0 radical (unpaired) electrons. The minimum absolute atomic E-state index is 0. The van der Waals surface area contributed by atoms with Crippen LogP contribution in [0.25, 0.3) is 10.8 Å². The molecular formula is C23H23ClFN5O3. The molecule has 0 aliphatic rings. The van der Waals surface area contributed by atoms with E-state index in [9.17, 15) is 18.8 Å². The number of halogens is 2. The van der Waals surface area contributed by atoms with Gasteiger partial charge in [-0.05, 0) is 47.5 Å². The van der Waals surface area contributed by atoms with Crippen LogP contribution in [0.3, 0.4) is 0 Å². The van der Waals surface area contributed by atoms with Gasteiger partial charge in [0.2, 0.25) is 0 Å². The number of nitrogens with zero attached hydrogens (tertiary/aromatic N) is 1. The van der Waals surface area contributed by atoms with Gasteiger partial charge in [-0.25, -0.2) is 4.39 Å². The number of nitrogens with two attached hydrogens (primary N) is 2. The van der Waals surface area contributed by atoms with Crippen LogP contribution in [0, 0.1) is 5.82 Å². The lowest BCUT2D eigenvalue weighted by molar-refractivity contribution is -0.117. The van der Waals surface area contributed by atoms with Crippen LogP contribution in [0.4, 0.5) is 10.1 Å². The van der Waals surface area contributed by atoms with Gasteiger partial charge in [-0.15, -0.1) is 12.4 Å². The Hall–Kier alpha value is -3.98. The third kappa shape index (κ3) is 6.75. The molecule has 0 spiro atoms. The van der Waals surface area contributed by atoms with Crippen LogP contribution in [0.2, 0.25) is 0 Å². The first kappa shape index (κ1) is 25.3. The van der Waals surface area contributed by atoms with Gasteiger partial charge >= 0.3 is 0 Å². The van der Waals surface area contributed by atoms with Crippen LogP contribution < -0.4 is 22.1 Å². The second-order valence-corrected chi connectivity index (χ2v) is 6.95. The second kappa shape index (κ2) is 11.6. The summed E-state index contributed by atoms with van der Waals surface area (Å²) in [5, 5.41) is 6.86. The molecule has 3 aromatic rings. The van der Waals surface area contributed by atoms with Gasteiger partial charge in [0.1, 0.15) is 5.82 Å². The Morgan fingerprint density at radius 3 is 2.39 bits per heavy atom. The number of hydrogen-bond donors (Lipinski definition) is 4. The van der Waals surface area contributed by atoms with Gasteiger partial charge in [-0.2, -0.15) is 0 Å². The highest BCUT2D eigenvalue weighted by molar-refractivity contribution is 6.44. The van der Waals surface area contributed by atoms with E-state index in [0.717, 1.165) is 22.9 Å². The number of anilines is 1. The van der Waals surface area contributed by atoms with E-state index in [4.69, 9.17) is 11.5 Å². The van der Waals surface area contributed by atoms with Crippen molar-refractivity contribution in [3.63, 3.8) is 0 Å². The van der Waals surface area contributed by atoms with E-state index in [0.29, 0.717) is 12.0 Å². The molecule has 172 valence electrons. The van der Waals surface area contributed by atoms with E-state index in [2.05, 4.69) is 15.6 Å². The highest BCUT2D eigenvalue weighted by Gasteiger charge is 2.21. The van der Waals surface area contributed by atoms with E-state index in [1.54, 1.807) is 18.2 Å². The summed E-state index contributed by atoms with van der Waals surface area (Å²) in [5.41, 5.74) is 10.6. The van der Waals surface area contributed by atoms with Crippen molar-refractivity contribution in [1.82, 2.24) is 5.32 Å². The van der Waals surface area contributed by atoms with Crippen LogP contribution in [-0.2, 0) is 4.79 Å². The van der Waals surface area contributed by atoms with Crippen molar-refractivity contribution in [2.45, 2.75) is 6.42 Å². The number of ketones is 1. The van der Waals surface area contributed by atoms with E-state index in [-0.39, 0.29) is 42.7 Å². The van der Waals surface area contributed by atoms with Crippen molar-refractivity contribution in [2.24, 2.45) is 16.5 Å². The summed E-state index contributed by atoms with van der Waals surface area (Å²) in [4.78, 5) is 41.3. The largest absolute Gasteiger partial charge is 0.370 e. The third-order valence-electron chi connectivity index (χ3n) is 4.61. The van der Waals surface area contributed by atoms with Crippen LogP contribution in [-0.4, -0.2) is 36.6 Å². The van der Waals surface area contributed by atoms with Gasteiger partial charge in [-0.1, -0.05) is 30.3 Å². The molecule has 6 N–H and O–H groups in total. The number of nitrogens with one attached hydrogen (secondary N) is 2. The van der Waals surface area contributed by atoms with Crippen molar-refractivity contribution in [3.05, 3.63) is 77.6 Å². The van der Waals surface area contributed by atoms with Crippen molar-refractivity contribution >= 4 is 52.4 Å². The van der Waals surface area contributed by atoms with Gasteiger partial charge in [0.15, 0.2) is 5.96 Å². The number of benzene rings is 3. The standard InChI is InChI=1S/C23H22FN5O3.ClH/c24-17-8-9-19(18(13-17)20(30)22(32)27-10-3-11-28-23(25)26)29-21(31)16-7-6-14-4-1-2-5-15(14)12-16;/h1-2,4-9,12-13H,3,10-11H2,(H,27,32)(H,29,31)(H4,25,26,28);1H. The Morgan fingerprint density at radius 2 is 1.67 bits per heavy atom. The summed E-state index contributed by atoms with van der Waals surface area (Å²) < 4.78 is 13.8. The van der Waals surface area contributed by atoms with Crippen molar-refractivity contribution in [1.29, 1.82) is 0 Å². The minimum Gasteiger partial charge on any atom is -0.370 e. The zero-order chi connectivity index (χ0) is 23.1. The summed E-state index contributed by atoms with van der Waals surface area (Å²) in [5.74, 6) is -3.17. The van der Waals surface area contributed by atoms with E-state index in [1.165, 1.54) is 6.07 Å². The van der Waals surface area contributed by atoms with Crippen LogP contribution in [0.15, 0.2) is 65.7 Å². The normalized spacial score (nSPS) is 10.1. The first-order valence-electron chi connectivity index (χ1n) is 9.83. The van der Waals surface area contributed by atoms with Crippen LogP contribution in [0.5, 0.6) is 0 Å². The molecule has 10 heteroatoms. The fraction of sp³-hybridized carbons (Fsp3) is 0.130. The summed E-state index contributed by atoms with van der Waals surface area (Å²) in [6.07, 6.45) is 0.408. The average molecular weight is 472 g/mol. The zero-order valence-electron chi connectivity index (χ0n) is 17.5. The fourth-order valence-electron chi connectivity index (χ4n) is 3.03. The van der Waals surface area contributed by atoms with E-state index in [1.807, 2.05) is 24.3 Å². The van der Waals surface area contributed by atoms with Gasteiger partial charge in [0.05, 0.1) is 11.3 Å². The molecular weight excluding hydrogens is 449 g/mol. The molecule has 2 amide bonds. The Bertz CT molecular complexity index is 1210.